The number of alkyl halides is 3. The van der Waals surface area contributed by atoms with E-state index in [0.717, 1.165) is 17.9 Å². The number of halogens is 3. The van der Waals surface area contributed by atoms with Crippen molar-refractivity contribution in [1.82, 2.24) is 5.32 Å². The molecule has 0 radical (unpaired) electrons. The Morgan fingerprint density at radius 2 is 2.07 bits per heavy atom. The normalized spacial score (nSPS) is 16.1. The number of rotatable bonds is 9. The highest BCUT2D eigenvalue weighted by Gasteiger charge is 2.30. The molecule has 27 heavy (non-hydrogen) atoms. The van der Waals surface area contributed by atoms with Gasteiger partial charge in [-0.2, -0.15) is 24.9 Å². The maximum Gasteiger partial charge on any atom is 0.416 e. The third kappa shape index (κ3) is 7.91. The Hall–Kier alpha value is -1.57. The average Bonchev–Trinajstić information content (AvgIpc) is 3.15. The van der Waals surface area contributed by atoms with Gasteiger partial charge in [-0.15, -0.1) is 0 Å². The number of ether oxygens (including phenoxy) is 2. The molecule has 1 N–H and O–H groups in total. The van der Waals surface area contributed by atoms with Crippen molar-refractivity contribution in [3.63, 3.8) is 0 Å². The van der Waals surface area contributed by atoms with Gasteiger partial charge < -0.3 is 14.8 Å². The van der Waals surface area contributed by atoms with E-state index in [4.69, 9.17) is 9.47 Å². The van der Waals surface area contributed by atoms with Gasteiger partial charge in [-0.3, -0.25) is 0 Å². The molecule has 8 heteroatoms. The lowest BCUT2D eigenvalue weighted by Crippen LogP contribution is -2.33. The van der Waals surface area contributed by atoms with Gasteiger partial charge in [0.15, 0.2) is 0 Å². The number of hydrogen-bond donors (Lipinski definition) is 1. The zero-order valence-corrected chi connectivity index (χ0v) is 16.2. The molecule has 152 valence electrons. The standard InChI is InChI=1S/C19H26F3NO3S/c1-2-15(13-25-16-7-5-6-14(12-16)19(20,21)22)26-18(24)23-10-11-27-17-8-3-4-9-17/h5-7,12,15,17H,2-4,8-11,13H2,1H3,(H,23,24). The minimum absolute atomic E-state index is 0.00204. The van der Waals surface area contributed by atoms with Crippen LogP contribution in [-0.2, 0) is 10.9 Å². The highest BCUT2D eigenvalue weighted by molar-refractivity contribution is 7.99. The molecule has 0 spiro atoms. The van der Waals surface area contributed by atoms with Crippen molar-refractivity contribution >= 4 is 17.9 Å². The van der Waals surface area contributed by atoms with Crippen LogP contribution >= 0.6 is 11.8 Å². The topological polar surface area (TPSA) is 47.6 Å². The predicted molar refractivity (Wildman–Crippen MR) is 100 cm³/mol. The van der Waals surface area contributed by atoms with Gasteiger partial charge in [0.1, 0.15) is 18.5 Å². The summed E-state index contributed by atoms with van der Waals surface area (Å²) >= 11 is 1.87. The molecule has 2 rings (SSSR count). The zero-order chi connectivity index (χ0) is 19.7. The number of thioether (sulfide) groups is 1. The lowest BCUT2D eigenvalue weighted by atomic mass is 10.2. The lowest BCUT2D eigenvalue weighted by molar-refractivity contribution is -0.137. The van der Waals surface area contributed by atoms with Crippen LogP contribution in [0.15, 0.2) is 24.3 Å². The number of amides is 1. The van der Waals surface area contributed by atoms with E-state index in [0.29, 0.717) is 18.2 Å². The van der Waals surface area contributed by atoms with Crippen LogP contribution in [0.4, 0.5) is 18.0 Å². The largest absolute Gasteiger partial charge is 0.490 e. The van der Waals surface area contributed by atoms with Gasteiger partial charge in [-0.1, -0.05) is 25.8 Å². The third-order valence-electron chi connectivity index (χ3n) is 4.35. The first-order valence-electron chi connectivity index (χ1n) is 9.24. The van der Waals surface area contributed by atoms with E-state index < -0.39 is 23.9 Å². The fraction of sp³-hybridized carbons (Fsp3) is 0.632. The first-order chi connectivity index (χ1) is 12.9. The smallest absolute Gasteiger partial charge is 0.416 e. The van der Waals surface area contributed by atoms with Crippen molar-refractivity contribution in [2.24, 2.45) is 0 Å². The third-order valence-corrected chi connectivity index (χ3v) is 5.74. The molecule has 1 fully saturated rings. The number of carbonyl (C=O) groups is 1. The van der Waals surface area contributed by atoms with Crippen LogP contribution in [0.3, 0.4) is 0 Å². The molecular formula is C19H26F3NO3S. The lowest BCUT2D eigenvalue weighted by Gasteiger charge is -2.18. The summed E-state index contributed by atoms with van der Waals surface area (Å²) in [6, 6.07) is 4.65. The number of hydrogen-bond acceptors (Lipinski definition) is 4. The molecule has 1 aliphatic rings. The quantitative estimate of drug-likeness (QED) is 0.569. The van der Waals surface area contributed by atoms with Gasteiger partial charge in [0, 0.05) is 17.5 Å². The molecular weight excluding hydrogens is 379 g/mol. The zero-order valence-electron chi connectivity index (χ0n) is 15.4. The highest BCUT2D eigenvalue weighted by atomic mass is 32.2. The van der Waals surface area contributed by atoms with Crippen molar-refractivity contribution in [2.45, 2.75) is 56.6 Å². The van der Waals surface area contributed by atoms with Crippen molar-refractivity contribution < 1.29 is 27.4 Å². The van der Waals surface area contributed by atoms with Crippen molar-refractivity contribution in [1.29, 1.82) is 0 Å². The summed E-state index contributed by atoms with van der Waals surface area (Å²) in [7, 11) is 0. The van der Waals surface area contributed by atoms with Gasteiger partial charge in [0.25, 0.3) is 0 Å². The summed E-state index contributed by atoms with van der Waals surface area (Å²) in [5.74, 6) is 0.942. The van der Waals surface area contributed by atoms with E-state index in [1.165, 1.54) is 37.8 Å². The Kier molecular flexibility index (Phi) is 8.60. The van der Waals surface area contributed by atoms with Crippen molar-refractivity contribution in [3.8, 4) is 5.75 Å². The number of alkyl carbamates (subject to hydrolysis) is 1. The van der Waals surface area contributed by atoms with Crippen molar-refractivity contribution in [2.75, 3.05) is 18.9 Å². The Morgan fingerprint density at radius 1 is 1.33 bits per heavy atom. The van der Waals surface area contributed by atoms with E-state index in [1.807, 2.05) is 18.7 Å². The monoisotopic (exact) mass is 405 g/mol. The van der Waals surface area contributed by atoms with E-state index in [2.05, 4.69) is 5.32 Å². The molecule has 4 nitrogen and oxygen atoms in total. The van der Waals surface area contributed by atoms with Crippen LogP contribution in [-0.4, -0.2) is 36.4 Å². The Labute approximate surface area is 162 Å². The average molecular weight is 405 g/mol. The fourth-order valence-electron chi connectivity index (χ4n) is 2.81. The van der Waals surface area contributed by atoms with Gasteiger partial charge >= 0.3 is 12.3 Å². The van der Waals surface area contributed by atoms with E-state index in [9.17, 15) is 18.0 Å². The first kappa shape index (κ1) is 21.7. The molecule has 0 aliphatic heterocycles. The Bertz CT molecular complexity index is 592. The van der Waals surface area contributed by atoms with E-state index in [-0.39, 0.29) is 12.4 Å². The molecule has 1 saturated carbocycles. The summed E-state index contributed by atoms with van der Waals surface area (Å²) < 4.78 is 48.8. The predicted octanol–water partition coefficient (Wildman–Crippen LogP) is 5.26. The van der Waals surface area contributed by atoms with Gasteiger partial charge in [-0.25, -0.2) is 4.79 Å². The molecule has 1 amide bonds. The maximum absolute atomic E-state index is 12.7. The Balaban J connectivity index is 1.69. The molecule has 1 aromatic carbocycles. The molecule has 0 saturated heterocycles. The molecule has 0 heterocycles. The van der Waals surface area contributed by atoms with Crippen molar-refractivity contribution in [3.05, 3.63) is 29.8 Å². The van der Waals surface area contributed by atoms with Crippen LogP contribution in [0.25, 0.3) is 0 Å². The summed E-state index contributed by atoms with van der Waals surface area (Å²) in [4.78, 5) is 11.9. The molecule has 1 aliphatic carbocycles. The highest BCUT2D eigenvalue weighted by Crippen LogP contribution is 2.31. The molecule has 0 bridgehead atoms. The second kappa shape index (κ2) is 10.7. The SMILES string of the molecule is CCC(COc1cccc(C(F)(F)F)c1)OC(=O)NCCSC1CCCC1. The Morgan fingerprint density at radius 3 is 2.74 bits per heavy atom. The van der Waals surface area contributed by atoms with Crippen LogP contribution in [0.5, 0.6) is 5.75 Å². The summed E-state index contributed by atoms with van der Waals surface area (Å²) in [6.07, 6.45) is 0.108. The number of carbonyl (C=O) groups excluding carboxylic acids is 1. The van der Waals surface area contributed by atoms with E-state index in [1.54, 1.807) is 0 Å². The van der Waals surface area contributed by atoms with Gasteiger partial charge in [0.05, 0.1) is 5.56 Å². The molecule has 1 aromatic rings. The number of nitrogens with one attached hydrogen (secondary N) is 1. The second-order valence-electron chi connectivity index (χ2n) is 6.48. The van der Waals surface area contributed by atoms with E-state index >= 15 is 0 Å². The summed E-state index contributed by atoms with van der Waals surface area (Å²) in [6.45, 7) is 2.36. The van der Waals surface area contributed by atoms with Crippen LogP contribution in [0, 0.1) is 0 Å². The van der Waals surface area contributed by atoms with Gasteiger partial charge in [-0.05, 0) is 37.5 Å². The fourth-order valence-corrected chi connectivity index (χ4v) is 4.03. The minimum Gasteiger partial charge on any atom is -0.490 e. The second-order valence-corrected chi connectivity index (χ2v) is 7.88. The number of benzene rings is 1. The molecule has 1 atom stereocenters. The molecule has 0 aromatic heterocycles. The van der Waals surface area contributed by atoms with Crippen LogP contribution < -0.4 is 10.1 Å². The minimum atomic E-state index is -4.42. The first-order valence-corrected chi connectivity index (χ1v) is 10.3. The summed E-state index contributed by atoms with van der Waals surface area (Å²) in [5, 5.41) is 3.41. The maximum atomic E-state index is 12.7. The van der Waals surface area contributed by atoms with Crippen LogP contribution in [0.2, 0.25) is 0 Å². The summed E-state index contributed by atoms with van der Waals surface area (Å²) in [5.41, 5.74) is -0.772. The van der Waals surface area contributed by atoms with Crippen LogP contribution in [0.1, 0.15) is 44.6 Å². The molecule has 1 unspecified atom stereocenters. The van der Waals surface area contributed by atoms with Gasteiger partial charge in [0.2, 0.25) is 0 Å².